The summed E-state index contributed by atoms with van der Waals surface area (Å²) in [5.74, 6) is -7.55. The minimum atomic E-state index is -4.26. The molecule has 0 aromatic heterocycles. The van der Waals surface area contributed by atoms with Gasteiger partial charge in [0.25, 0.3) is 6.29 Å². The molecule has 0 aliphatic carbocycles. The summed E-state index contributed by atoms with van der Waals surface area (Å²) in [5.41, 5.74) is 0. The van der Waals surface area contributed by atoms with Gasteiger partial charge in [-0.2, -0.15) is 17.6 Å². The number of hydrogen-bond donors (Lipinski definition) is 0. The first kappa shape index (κ1) is 26.7. The molecule has 2 aliphatic heterocycles. The van der Waals surface area contributed by atoms with Crippen LogP contribution in [0.25, 0.3) is 0 Å². The summed E-state index contributed by atoms with van der Waals surface area (Å²) in [4.78, 5) is 0. The van der Waals surface area contributed by atoms with Crippen molar-refractivity contribution in [1.29, 1.82) is 0 Å². The second-order valence-electron chi connectivity index (χ2n) is 8.04. The van der Waals surface area contributed by atoms with E-state index in [1.807, 2.05) is 19.1 Å². The Bertz CT molecular complexity index is 812. The van der Waals surface area contributed by atoms with Crippen LogP contribution in [0.5, 0.6) is 5.75 Å². The Morgan fingerprint density at radius 2 is 1.59 bits per heavy atom. The van der Waals surface area contributed by atoms with E-state index in [1.165, 1.54) is 0 Å². The van der Waals surface area contributed by atoms with Crippen LogP contribution in [0.2, 0.25) is 0 Å². The maximum Gasteiger partial charge on any atom is 0.451 e. The molecule has 2 heterocycles. The number of rotatable bonds is 9. The Morgan fingerprint density at radius 1 is 0.941 bits per heavy atom. The number of alkyl halides is 4. The largest absolute Gasteiger partial charge is 0.451 e. The van der Waals surface area contributed by atoms with Gasteiger partial charge in [0, 0.05) is 12.1 Å². The van der Waals surface area contributed by atoms with Crippen molar-refractivity contribution >= 4 is 0 Å². The van der Waals surface area contributed by atoms with Gasteiger partial charge in [-0.1, -0.05) is 12.2 Å². The summed E-state index contributed by atoms with van der Waals surface area (Å²) in [6, 6.07) is 0.442. The van der Waals surface area contributed by atoms with Crippen LogP contribution in [0.3, 0.4) is 0 Å². The normalized spacial score (nSPS) is 26.7. The molecule has 0 N–H and O–H groups in total. The van der Waals surface area contributed by atoms with E-state index >= 15 is 0 Å². The summed E-state index contributed by atoms with van der Waals surface area (Å²) in [6.45, 7) is 0.329. The van der Waals surface area contributed by atoms with Crippen molar-refractivity contribution in [3.8, 4) is 5.75 Å². The van der Waals surface area contributed by atoms with E-state index in [9.17, 15) is 30.7 Å². The molecule has 0 bridgehead atoms. The van der Waals surface area contributed by atoms with Crippen molar-refractivity contribution < 1.29 is 54.4 Å². The topological polar surface area (TPSA) is 46.2 Å². The first-order chi connectivity index (χ1) is 16.0. The molecule has 3 rings (SSSR count). The van der Waals surface area contributed by atoms with E-state index < -0.39 is 66.9 Å². The minimum Gasteiger partial charge on any atom is -0.429 e. The lowest BCUT2D eigenvalue weighted by molar-refractivity contribution is -0.382. The van der Waals surface area contributed by atoms with Crippen LogP contribution in [0.1, 0.15) is 32.6 Å². The van der Waals surface area contributed by atoms with Gasteiger partial charge in [-0.25, -0.2) is 13.2 Å². The molecular weight excluding hydrogens is 477 g/mol. The molecule has 2 saturated heterocycles. The predicted octanol–water partition coefficient (Wildman–Crippen LogP) is 5.58. The Labute approximate surface area is 191 Å². The first-order valence-corrected chi connectivity index (χ1v) is 10.7. The quantitative estimate of drug-likeness (QED) is 0.251. The molecule has 1 aromatic carbocycles. The highest BCUT2D eigenvalue weighted by atomic mass is 19.3. The highest BCUT2D eigenvalue weighted by Crippen LogP contribution is 2.37. The second-order valence-corrected chi connectivity index (χ2v) is 8.04. The smallest absolute Gasteiger partial charge is 0.429 e. The zero-order valence-corrected chi connectivity index (χ0v) is 18.3. The molecule has 2 fully saturated rings. The summed E-state index contributed by atoms with van der Waals surface area (Å²) in [6.07, 6.45) is -5.71. The Balaban J connectivity index is 1.47. The Kier molecular flexibility index (Phi) is 8.82. The SMILES string of the molecule is CC=CCCC1CCC(C(F)(F)OC2COC(C(F)(F)Oc3cc(F)c(F)c(F)c3)OC2)CO1. The van der Waals surface area contributed by atoms with Crippen molar-refractivity contribution in [2.45, 2.75) is 63.3 Å². The lowest BCUT2D eigenvalue weighted by Crippen LogP contribution is -2.51. The summed E-state index contributed by atoms with van der Waals surface area (Å²) >= 11 is 0. The molecule has 0 radical (unpaired) electrons. The fourth-order valence-corrected chi connectivity index (χ4v) is 3.61. The summed E-state index contributed by atoms with van der Waals surface area (Å²) < 4.78 is 121. The standard InChI is InChI=1S/C22H25F7O5/c1-2-3-4-5-14-7-6-13(10-30-14)21(26,27)34-16-11-31-20(32-12-16)22(28,29)33-15-8-17(23)19(25)18(24)9-15/h2-3,8-9,13-14,16,20H,4-7,10-12H2,1H3. The van der Waals surface area contributed by atoms with Gasteiger partial charge in [0.2, 0.25) is 0 Å². The van der Waals surface area contributed by atoms with Gasteiger partial charge in [-0.3, -0.25) is 0 Å². The van der Waals surface area contributed by atoms with E-state index in [-0.39, 0.29) is 31.3 Å². The molecule has 5 nitrogen and oxygen atoms in total. The van der Waals surface area contributed by atoms with Crippen LogP contribution in [0, 0.1) is 23.4 Å². The molecule has 0 saturated carbocycles. The molecular formula is C22H25F7O5. The number of allylic oxidation sites excluding steroid dienone is 2. The average Bonchev–Trinajstić information content (AvgIpc) is 2.78. The molecule has 12 heteroatoms. The Morgan fingerprint density at radius 3 is 2.15 bits per heavy atom. The van der Waals surface area contributed by atoms with E-state index in [0.717, 1.165) is 12.8 Å². The monoisotopic (exact) mass is 502 g/mol. The van der Waals surface area contributed by atoms with Gasteiger partial charge in [0.1, 0.15) is 11.9 Å². The third-order valence-corrected chi connectivity index (χ3v) is 5.41. The van der Waals surface area contributed by atoms with Crippen LogP contribution in [0.15, 0.2) is 24.3 Å². The van der Waals surface area contributed by atoms with E-state index in [0.29, 0.717) is 6.42 Å². The summed E-state index contributed by atoms with van der Waals surface area (Å²) in [7, 11) is 0. The predicted molar refractivity (Wildman–Crippen MR) is 104 cm³/mol. The molecule has 34 heavy (non-hydrogen) atoms. The van der Waals surface area contributed by atoms with Crippen LogP contribution in [-0.4, -0.2) is 50.5 Å². The van der Waals surface area contributed by atoms with Gasteiger partial charge in [-0.05, 0) is 32.6 Å². The number of benzene rings is 1. The number of ether oxygens (including phenoxy) is 5. The van der Waals surface area contributed by atoms with E-state index in [1.54, 1.807) is 0 Å². The maximum atomic E-state index is 14.6. The van der Waals surface area contributed by atoms with Gasteiger partial charge in [-0.15, -0.1) is 0 Å². The molecule has 2 atom stereocenters. The summed E-state index contributed by atoms with van der Waals surface area (Å²) in [5, 5.41) is 0. The molecule has 0 spiro atoms. The van der Waals surface area contributed by atoms with Crippen molar-refractivity contribution in [3.05, 3.63) is 41.7 Å². The van der Waals surface area contributed by atoms with Crippen molar-refractivity contribution in [3.63, 3.8) is 0 Å². The molecule has 0 amide bonds. The van der Waals surface area contributed by atoms with Crippen molar-refractivity contribution in [2.24, 2.45) is 5.92 Å². The first-order valence-electron chi connectivity index (χ1n) is 10.7. The number of hydrogen-bond acceptors (Lipinski definition) is 5. The van der Waals surface area contributed by atoms with Crippen LogP contribution in [-0.2, 0) is 18.9 Å². The molecule has 2 aliphatic rings. The van der Waals surface area contributed by atoms with E-state index in [4.69, 9.17) is 18.9 Å². The zero-order chi connectivity index (χ0) is 24.9. The van der Waals surface area contributed by atoms with Crippen LogP contribution < -0.4 is 4.74 Å². The highest BCUT2D eigenvalue weighted by molar-refractivity contribution is 5.25. The van der Waals surface area contributed by atoms with Crippen molar-refractivity contribution in [2.75, 3.05) is 19.8 Å². The van der Waals surface area contributed by atoms with Crippen LogP contribution in [0.4, 0.5) is 30.7 Å². The number of halogens is 7. The lowest BCUT2D eigenvalue weighted by atomic mass is 9.95. The zero-order valence-electron chi connectivity index (χ0n) is 18.3. The fourth-order valence-electron chi connectivity index (χ4n) is 3.61. The van der Waals surface area contributed by atoms with Gasteiger partial charge >= 0.3 is 12.2 Å². The van der Waals surface area contributed by atoms with Gasteiger partial charge < -0.3 is 23.7 Å². The van der Waals surface area contributed by atoms with E-state index in [2.05, 4.69) is 4.74 Å². The average molecular weight is 502 g/mol. The van der Waals surface area contributed by atoms with Crippen molar-refractivity contribution in [1.82, 2.24) is 0 Å². The van der Waals surface area contributed by atoms with Gasteiger partial charge in [0.15, 0.2) is 17.5 Å². The lowest BCUT2D eigenvalue weighted by Gasteiger charge is -2.37. The maximum absolute atomic E-state index is 14.6. The fraction of sp³-hybridized carbons (Fsp3) is 0.636. The highest BCUT2D eigenvalue weighted by Gasteiger charge is 2.50. The Hall–Kier alpha value is -1.89. The minimum absolute atomic E-state index is 0.115. The molecule has 192 valence electrons. The third kappa shape index (κ3) is 6.83. The second kappa shape index (κ2) is 11.2. The van der Waals surface area contributed by atoms with Crippen LogP contribution >= 0.6 is 0 Å². The molecule has 2 unspecified atom stereocenters. The molecule has 1 aromatic rings. The third-order valence-electron chi connectivity index (χ3n) is 5.41. The van der Waals surface area contributed by atoms with Gasteiger partial charge in [0.05, 0.1) is 31.8 Å².